The van der Waals surface area contributed by atoms with E-state index in [-0.39, 0.29) is 5.91 Å². The summed E-state index contributed by atoms with van der Waals surface area (Å²) < 4.78 is 10.4. The van der Waals surface area contributed by atoms with Crippen molar-refractivity contribution < 1.29 is 14.3 Å². The molecule has 2 aromatic carbocycles. The van der Waals surface area contributed by atoms with Crippen molar-refractivity contribution in [1.82, 2.24) is 5.32 Å². The molecule has 0 bridgehead atoms. The van der Waals surface area contributed by atoms with Crippen molar-refractivity contribution in [3.63, 3.8) is 0 Å². The Morgan fingerprint density at radius 2 is 1.83 bits per heavy atom. The summed E-state index contributed by atoms with van der Waals surface area (Å²) in [5.41, 5.74) is 1.77. The van der Waals surface area contributed by atoms with Crippen LogP contribution >= 0.6 is 11.6 Å². The molecular weight excluding hydrogens is 314 g/mol. The third kappa shape index (κ3) is 5.34. The van der Waals surface area contributed by atoms with Gasteiger partial charge in [0, 0.05) is 23.7 Å². The summed E-state index contributed by atoms with van der Waals surface area (Å²) in [6.45, 7) is 0.422. The number of hydrogen-bond donors (Lipinski definition) is 1. The minimum atomic E-state index is -0.188. The highest BCUT2D eigenvalue weighted by Gasteiger charge is 2.01. The van der Waals surface area contributed by atoms with Crippen molar-refractivity contribution >= 4 is 23.6 Å². The van der Waals surface area contributed by atoms with Gasteiger partial charge in [-0.3, -0.25) is 4.79 Å². The summed E-state index contributed by atoms with van der Waals surface area (Å²) >= 11 is 5.91. The van der Waals surface area contributed by atoms with E-state index >= 15 is 0 Å². The molecule has 0 saturated carbocycles. The molecule has 120 valence electrons. The van der Waals surface area contributed by atoms with Gasteiger partial charge in [-0.1, -0.05) is 23.7 Å². The summed E-state index contributed by atoms with van der Waals surface area (Å²) in [7, 11) is 3.17. The van der Waals surface area contributed by atoms with Crippen molar-refractivity contribution in [2.24, 2.45) is 0 Å². The van der Waals surface area contributed by atoms with Crippen LogP contribution in [0.3, 0.4) is 0 Å². The number of benzene rings is 2. The van der Waals surface area contributed by atoms with Crippen LogP contribution in [-0.4, -0.2) is 20.1 Å². The first-order valence-electron chi connectivity index (χ1n) is 7.04. The zero-order valence-electron chi connectivity index (χ0n) is 13.0. The topological polar surface area (TPSA) is 47.6 Å². The molecule has 2 rings (SSSR count). The molecule has 0 saturated heterocycles. The minimum absolute atomic E-state index is 0.188. The van der Waals surface area contributed by atoms with Crippen LogP contribution in [0.5, 0.6) is 11.5 Å². The molecule has 0 aliphatic rings. The number of hydrogen-bond acceptors (Lipinski definition) is 3. The highest BCUT2D eigenvalue weighted by atomic mass is 35.5. The lowest BCUT2D eigenvalue weighted by molar-refractivity contribution is -0.116. The van der Waals surface area contributed by atoms with Gasteiger partial charge in [0.05, 0.1) is 14.2 Å². The zero-order valence-corrected chi connectivity index (χ0v) is 13.8. The number of methoxy groups -OCH3 is 2. The largest absolute Gasteiger partial charge is 0.497 e. The molecule has 1 amide bonds. The lowest BCUT2D eigenvalue weighted by atomic mass is 10.2. The molecule has 0 fully saturated rings. The van der Waals surface area contributed by atoms with Gasteiger partial charge in [-0.2, -0.15) is 0 Å². The maximum atomic E-state index is 11.9. The van der Waals surface area contributed by atoms with Gasteiger partial charge in [0.15, 0.2) is 0 Å². The highest BCUT2D eigenvalue weighted by Crippen LogP contribution is 2.23. The number of carbonyl (C=O) groups excluding carboxylic acids is 1. The maximum Gasteiger partial charge on any atom is 0.244 e. The average molecular weight is 332 g/mol. The van der Waals surface area contributed by atoms with Crippen LogP contribution in [0.2, 0.25) is 5.02 Å². The first-order valence-corrected chi connectivity index (χ1v) is 7.42. The Bertz CT molecular complexity index is 691. The number of carbonyl (C=O) groups is 1. The van der Waals surface area contributed by atoms with Crippen LogP contribution in [0.1, 0.15) is 11.1 Å². The molecule has 2 aromatic rings. The fourth-order valence-electron chi connectivity index (χ4n) is 1.99. The minimum Gasteiger partial charge on any atom is -0.497 e. The molecule has 0 atom stereocenters. The molecule has 0 spiro atoms. The van der Waals surface area contributed by atoms with Crippen molar-refractivity contribution in [3.05, 3.63) is 64.7 Å². The molecule has 4 nitrogen and oxygen atoms in total. The van der Waals surface area contributed by atoms with Crippen LogP contribution < -0.4 is 14.8 Å². The van der Waals surface area contributed by atoms with Crippen molar-refractivity contribution in [3.8, 4) is 11.5 Å². The molecule has 0 heterocycles. The molecule has 0 aliphatic carbocycles. The summed E-state index contributed by atoms with van der Waals surface area (Å²) in [5.74, 6) is 1.15. The molecule has 0 aliphatic heterocycles. The van der Waals surface area contributed by atoms with E-state index in [0.29, 0.717) is 23.1 Å². The molecular formula is C18H18ClNO3. The second-order valence-corrected chi connectivity index (χ2v) is 5.26. The Morgan fingerprint density at radius 3 is 2.43 bits per heavy atom. The van der Waals surface area contributed by atoms with E-state index in [9.17, 15) is 4.79 Å². The summed E-state index contributed by atoms with van der Waals surface area (Å²) in [6.07, 6.45) is 3.18. The van der Waals surface area contributed by atoms with E-state index < -0.39 is 0 Å². The van der Waals surface area contributed by atoms with Crippen LogP contribution in [0.25, 0.3) is 6.08 Å². The Kier molecular flexibility index (Phi) is 6.06. The van der Waals surface area contributed by atoms with Crippen LogP contribution in [0, 0.1) is 0 Å². The Morgan fingerprint density at radius 1 is 1.13 bits per heavy atom. The van der Waals surface area contributed by atoms with E-state index in [1.165, 1.54) is 6.08 Å². The van der Waals surface area contributed by atoms with Gasteiger partial charge in [-0.15, -0.1) is 0 Å². The Balaban J connectivity index is 1.98. The van der Waals surface area contributed by atoms with Gasteiger partial charge in [-0.25, -0.2) is 0 Å². The molecule has 5 heteroatoms. The smallest absolute Gasteiger partial charge is 0.244 e. The fourth-order valence-corrected chi connectivity index (χ4v) is 2.21. The second-order valence-electron chi connectivity index (χ2n) is 4.83. The van der Waals surface area contributed by atoms with E-state index in [2.05, 4.69) is 5.32 Å². The highest BCUT2D eigenvalue weighted by molar-refractivity contribution is 6.30. The van der Waals surface area contributed by atoms with Crippen LogP contribution in [-0.2, 0) is 11.3 Å². The molecule has 1 N–H and O–H groups in total. The first-order chi connectivity index (χ1) is 11.1. The van der Waals surface area contributed by atoms with E-state index in [1.54, 1.807) is 32.4 Å². The zero-order chi connectivity index (χ0) is 16.7. The average Bonchev–Trinajstić information content (AvgIpc) is 2.57. The fraction of sp³-hybridized carbons (Fsp3) is 0.167. The summed E-state index contributed by atoms with van der Waals surface area (Å²) in [5, 5.41) is 3.46. The molecule has 23 heavy (non-hydrogen) atoms. The molecule has 0 unspecified atom stereocenters. The lowest BCUT2D eigenvalue weighted by Crippen LogP contribution is -2.20. The number of amides is 1. The van der Waals surface area contributed by atoms with Gasteiger partial charge < -0.3 is 14.8 Å². The molecule has 0 aromatic heterocycles. The van der Waals surface area contributed by atoms with Gasteiger partial charge in [0.1, 0.15) is 11.5 Å². The van der Waals surface area contributed by atoms with Crippen LogP contribution in [0.4, 0.5) is 0 Å². The van der Waals surface area contributed by atoms with Gasteiger partial charge in [0.2, 0.25) is 5.91 Å². The van der Waals surface area contributed by atoms with Gasteiger partial charge in [0.25, 0.3) is 0 Å². The predicted molar refractivity (Wildman–Crippen MR) is 91.9 cm³/mol. The third-order valence-corrected chi connectivity index (χ3v) is 3.39. The maximum absolute atomic E-state index is 11.9. The number of rotatable bonds is 6. The van der Waals surface area contributed by atoms with Gasteiger partial charge in [-0.05, 0) is 41.5 Å². The second kappa shape index (κ2) is 8.25. The van der Waals surface area contributed by atoms with E-state index in [0.717, 1.165) is 11.1 Å². The lowest BCUT2D eigenvalue weighted by Gasteiger charge is -2.06. The van der Waals surface area contributed by atoms with Crippen LogP contribution in [0.15, 0.2) is 48.5 Å². The summed E-state index contributed by atoms with van der Waals surface area (Å²) in [4.78, 5) is 11.9. The predicted octanol–water partition coefficient (Wildman–Crippen LogP) is 3.69. The van der Waals surface area contributed by atoms with Crippen molar-refractivity contribution in [2.45, 2.75) is 6.54 Å². The Labute approximate surface area is 140 Å². The number of ether oxygens (including phenoxy) is 2. The number of halogens is 1. The summed E-state index contributed by atoms with van der Waals surface area (Å²) in [6, 6.07) is 12.8. The Hall–Kier alpha value is -2.46. The number of nitrogens with one attached hydrogen (secondary N) is 1. The standard InChI is InChI=1S/C18H18ClNO3/c1-22-16-9-13(10-17(11-16)23-2)6-7-18(21)20-12-14-4-3-5-15(19)8-14/h3-11H,12H2,1-2H3,(H,20,21)/b7-6+. The van der Waals surface area contributed by atoms with Crippen molar-refractivity contribution in [2.75, 3.05) is 14.2 Å². The third-order valence-electron chi connectivity index (χ3n) is 3.16. The van der Waals surface area contributed by atoms with Crippen molar-refractivity contribution in [1.29, 1.82) is 0 Å². The molecule has 0 radical (unpaired) electrons. The van der Waals surface area contributed by atoms with E-state index in [1.807, 2.05) is 30.3 Å². The monoisotopic (exact) mass is 331 g/mol. The SMILES string of the molecule is COc1cc(/C=C/C(=O)NCc2cccc(Cl)c2)cc(OC)c1. The van der Waals surface area contributed by atoms with Gasteiger partial charge >= 0.3 is 0 Å². The van der Waals surface area contributed by atoms with E-state index in [4.69, 9.17) is 21.1 Å². The normalized spacial score (nSPS) is 10.6. The first kappa shape index (κ1) is 16.9. The quantitative estimate of drug-likeness (QED) is 0.821.